The molecule has 0 saturated heterocycles. The normalized spacial score (nSPS) is 12.2. The molecule has 2 heterocycles. The molecule has 0 saturated carbocycles. The van der Waals surface area contributed by atoms with Gasteiger partial charge in [0.2, 0.25) is 6.79 Å². The van der Waals surface area contributed by atoms with Gasteiger partial charge in [0, 0.05) is 29.9 Å². The van der Waals surface area contributed by atoms with Gasteiger partial charge in [0.05, 0.1) is 5.39 Å². The van der Waals surface area contributed by atoms with Crippen molar-refractivity contribution < 1.29 is 19.0 Å². The number of fused-ring (bicyclic) bond motifs is 2. The van der Waals surface area contributed by atoms with Crippen molar-refractivity contribution in [2.24, 2.45) is 0 Å². The van der Waals surface area contributed by atoms with E-state index in [1.165, 1.54) is 0 Å². The van der Waals surface area contributed by atoms with E-state index in [0.29, 0.717) is 40.3 Å². The van der Waals surface area contributed by atoms with Gasteiger partial charge in [-0.3, -0.25) is 9.59 Å². The molecule has 0 aliphatic carbocycles. The first-order valence-electron chi connectivity index (χ1n) is 9.10. The molecule has 0 fully saturated rings. The highest BCUT2D eigenvalue weighted by Gasteiger charge is 2.15. The highest BCUT2D eigenvalue weighted by atomic mass is 16.7. The Hall–Kier alpha value is -3.48. The summed E-state index contributed by atoms with van der Waals surface area (Å²) >= 11 is 0. The van der Waals surface area contributed by atoms with Crippen LogP contribution in [0.2, 0.25) is 0 Å². The number of pyridine rings is 1. The number of benzene rings is 2. The third kappa shape index (κ3) is 3.51. The Labute approximate surface area is 161 Å². The molecule has 3 aromatic rings. The number of anilines is 1. The zero-order chi connectivity index (χ0) is 19.5. The molecule has 0 spiro atoms. The summed E-state index contributed by atoms with van der Waals surface area (Å²) in [5.41, 5.74) is 0.535. The predicted octanol–water partition coefficient (Wildman–Crippen LogP) is 3.16. The molecule has 144 valence electrons. The minimum absolute atomic E-state index is 0.0605. The van der Waals surface area contributed by atoms with E-state index < -0.39 is 0 Å². The quantitative estimate of drug-likeness (QED) is 0.711. The fourth-order valence-corrected chi connectivity index (χ4v) is 3.15. The fourth-order valence-electron chi connectivity index (χ4n) is 3.15. The van der Waals surface area contributed by atoms with Crippen molar-refractivity contribution in [1.82, 2.24) is 4.57 Å². The lowest BCUT2D eigenvalue weighted by Crippen LogP contribution is -2.21. The van der Waals surface area contributed by atoms with Crippen LogP contribution in [0.1, 0.15) is 13.3 Å². The molecular weight excluding hydrogens is 360 g/mol. The lowest BCUT2D eigenvalue weighted by Gasteiger charge is -2.11. The summed E-state index contributed by atoms with van der Waals surface area (Å²) in [6, 6.07) is 12.3. The topological polar surface area (TPSA) is 78.8 Å². The number of carbonyl (C=O) groups excluding carboxylic acids is 1. The highest BCUT2D eigenvalue weighted by molar-refractivity contribution is 5.93. The first-order valence-corrected chi connectivity index (χ1v) is 9.10. The molecule has 1 N–H and O–H groups in total. The Morgan fingerprint density at radius 1 is 1.14 bits per heavy atom. The second-order valence-electron chi connectivity index (χ2n) is 6.44. The Balaban J connectivity index is 1.47. The number of aryl methyl sites for hydroxylation is 1. The molecule has 1 aromatic heterocycles. The number of aromatic nitrogens is 1. The summed E-state index contributed by atoms with van der Waals surface area (Å²) < 4.78 is 17.9. The molecular formula is C21H20N2O5. The van der Waals surface area contributed by atoms with Gasteiger partial charge in [0.1, 0.15) is 5.75 Å². The molecule has 0 bridgehead atoms. The number of nitrogens with one attached hydrogen (secondary N) is 1. The average Bonchev–Trinajstić information content (AvgIpc) is 3.16. The Morgan fingerprint density at radius 2 is 2.00 bits per heavy atom. The van der Waals surface area contributed by atoms with E-state index in [0.717, 1.165) is 6.42 Å². The van der Waals surface area contributed by atoms with Crippen molar-refractivity contribution in [2.75, 3.05) is 18.7 Å². The third-order valence-corrected chi connectivity index (χ3v) is 4.46. The maximum absolute atomic E-state index is 12.5. The monoisotopic (exact) mass is 380 g/mol. The first kappa shape index (κ1) is 17.9. The van der Waals surface area contributed by atoms with Crippen LogP contribution in [0.15, 0.2) is 53.5 Å². The summed E-state index contributed by atoms with van der Waals surface area (Å²) in [7, 11) is 0. The van der Waals surface area contributed by atoms with Crippen LogP contribution in [0.4, 0.5) is 5.69 Å². The number of hydrogen-bond acceptors (Lipinski definition) is 5. The average molecular weight is 380 g/mol. The molecule has 0 radical (unpaired) electrons. The van der Waals surface area contributed by atoms with Crippen LogP contribution in [0.5, 0.6) is 17.2 Å². The third-order valence-electron chi connectivity index (χ3n) is 4.46. The number of ether oxygens (including phenoxy) is 3. The second-order valence-corrected chi connectivity index (χ2v) is 6.44. The lowest BCUT2D eigenvalue weighted by atomic mass is 10.1. The van der Waals surface area contributed by atoms with Crippen LogP contribution >= 0.6 is 0 Å². The van der Waals surface area contributed by atoms with E-state index in [-0.39, 0.29) is 24.9 Å². The molecule has 28 heavy (non-hydrogen) atoms. The summed E-state index contributed by atoms with van der Waals surface area (Å²) in [6.07, 6.45) is 2.63. The molecule has 7 nitrogen and oxygen atoms in total. The van der Waals surface area contributed by atoms with E-state index >= 15 is 0 Å². The number of rotatable bonds is 6. The van der Waals surface area contributed by atoms with Crippen molar-refractivity contribution >= 4 is 22.4 Å². The predicted molar refractivity (Wildman–Crippen MR) is 105 cm³/mol. The first-order chi connectivity index (χ1) is 13.7. The second kappa shape index (κ2) is 7.64. The number of carbonyl (C=O) groups is 1. The molecule has 2 aromatic carbocycles. The zero-order valence-electron chi connectivity index (χ0n) is 15.4. The standard InChI is InChI=1S/C21H20N2O5/c1-2-9-23-10-8-15-16(21(23)25)4-3-5-17(15)26-12-20(24)22-14-6-7-18-19(11-14)28-13-27-18/h3-8,10-11H,2,9,12-13H2,1H3,(H,22,24). The van der Waals surface area contributed by atoms with Crippen LogP contribution in [-0.2, 0) is 11.3 Å². The van der Waals surface area contributed by atoms with Crippen LogP contribution in [0.3, 0.4) is 0 Å². The fraction of sp³-hybridized carbons (Fsp3) is 0.238. The largest absolute Gasteiger partial charge is 0.483 e. The smallest absolute Gasteiger partial charge is 0.262 e. The minimum atomic E-state index is -0.310. The van der Waals surface area contributed by atoms with Gasteiger partial charge in [-0.15, -0.1) is 0 Å². The number of hydrogen-bond donors (Lipinski definition) is 1. The molecule has 0 unspecified atom stereocenters. The van der Waals surface area contributed by atoms with Gasteiger partial charge < -0.3 is 24.1 Å². The molecule has 4 rings (SSSR count). The minimum Gasteiger partial charge on any atom is -0.483 e. The molecule has 1 aliphatic rings. The van der Waals surface area contributed by atoms with E-state index in [4.69, 9.17) is 14.2 Å². The van der Waals surface area contributed by atoms with Crippen molar-refractivity contribution in [3.8, 4) is 17.2 Å². The van der Waals surface area contributed by atoms with E-state index in [9.17, 15) is 9.59 Å². The summed E-state index contributed by atoms with van der Waals surface area (Å²) in [5, 5.41) is 4.03. The molecule has 1 amide bonds. The van der Waals surface area contributed by atoms with Gasteiger partial charge in [-0.25, -0.2) is 0 Å². The Kier molecular flexibility index (Phi) is 4.89. The van der Waals surface area contributed by atoms with Crippen LogP contribution < -0.4 is 25.1 Å². The number of amides is 1. The van der Waals surface area contributed by atoms with Gasteiger partial charge in [-0.2, -0.15) is 0 Å². The van der Waals surface area contributed by atoms with Crippen LogP contribution in [0.25, 0.3) is 10.8 Å². The van der Waals surface area contributed by atoms with Gasteiger partial charge in [0.25, 0.3) is 11.5 Å². The van der Waals surface area contributed by atoms with Gasteiger partial charge in [-0.1, -0.05) is 13.0 Å². The van der Waals surface area contributed by atoms with Crippen LogP contribution in [-0.4, -0.2) is 23.9 Å². The van der Waals surface area contributed by atoms with Crippen molar-refractivity contribution in [2.45, 2.75) is 19.9 Å². The van der Waals surface area contributed by atoms with Crippen molar-refractivity contribution in [1.29, 1.82) is 0 Å². The van der Waals surface area contributed by atoms with E-state index in [1.807, 2.05) is 13.0 Å². The van der Waals surface area contributed by atoms with E-state index in [2.05, 4.69) is 5.32 Å². The summed E-state index contributed by atoms with van der Waals surface area (Å²) in [5.74, 6) is 1.43. The molecule has 0 atom stereocenters. The summed E-state index contributed by atoms with van der Waals surface area (Å²) in [4.78, 5) is 24.8. The number of nitrogens with zero attached hydrogens (tertiary/aromatic N) is 1. The molecule has 7 heteroatoms. The highest BCUT2D eigenvalue weighted by Crippen LogP contribution is 2.34. The maximum atomic E-state index is 12.5. The molecule has 1 aliphatic heterocycles. The Bertz CT molecular complexity index is 1090. The van der Waals surface area contributed by atoms with Crippen molar-refractivity contribution in [3.05, 3.63) is 59.0 Å². The van der Waals surface area contributed by atoms with Crippen LogP contribution in [0, 0.1) is 0 Å². The van der Waals surface area contributed by atoms with E-state index in [1.54, 1.807) is 47.2 Å². The summed E-state index contributed by atoms with van der Waals surface area (Å²) in [6.45, 7) is 2.69. The van der Waals surface area contributed by atoms with Crippen molar-refractivity contribution in [3.63, 3.8) is 0 Å². The van der Waals surface area contributed by atoms with Gasteiger partial charge >= 0.3 is 0 Å². The lowest BCUT2D eigenvalue weighted by molar-refractivity contribution is -0.118. The SMILES string of the molecule is CCCn1ccc2c(OCC(=O)Nc3ccc4c(c3)OCO4)cccc2c1=O. The van der Waals surface area contributed by atoms with Gasteiger partial charge in [-0.05, 0) is 36.8 Å². The maximum Gasteiger partial charge on any atom is 0.262 e. The zero-order valence-corrected chi connectivity index (χ0v) is 15.4. The van der Waals surface area contributed by atoms with Gasteiger partial charge in [0.15, 0.2) is 18.1 Å². The Morgan fingerprint density at radius 3 is 2.86 bits per heavy atom.